The summed E-state index contributed by atoms with van der Waals surface area (Å²) in [5.74, 6) is -0.350. The predicted molar refractivity (Wildman–Crippen MR) is 126 cm³/mol. The van der Waals surface area contributed by atoms with Crippen molar-refractivity contribution in [3.8, 4) is 0 Å². The van der Waals surface area contributed by atoms with Crippen molar-refractivity contribution in [3.63, 3.8) is 0 Å². The summed E-state index contributed by atoms with van der Waals surface area (Å²) < 4.78 is 0. The molecule has 1 atom stereocenters. The molecule has 3 aromatic carbocycles. The summed E-state index contributed by atoms with van der Waals surface area (Å²) in [6, 6.07) is 22.5. The Morgan fingerprint density at radius 3 is 2.16 bits per heavy atom. The lowest BCUT2D eigenvalue weighted by Gasteiger charge is -2.27. The first kappa shape index (κ1) is 22.2. The number of nitrogens with zero attached hydrogens (tertiary/aromatic N) is 1. The van der Waals surface area contributed by atoms with E-state index in [9.17, 15) is 9.59 Å². The summed E-state index contributed by atoms with van der Waals surface area (Å²) in [6.07, 6.45) is 0. The quantitative estimate of drug-likeness (QED) is 0.579. The first-order chi connectivity index (χ1) is 14.8. The highest BCUT2D eigenvalue weighted by molar-refractivity contribution is 5.97. The lowest BCUT2D eigenvalue weighted by molar-refractivity contribution is -0.123. The fraction of sp³-hybridized carbons (Fsp3) is 0.231. The number of hydrogen-bond acceptors (Lipinski definition) is 3. The van der Waals surface area contributed by atoms with E-state index in [1.165, 1.54) is 0 Å². The fourth-order valence-corrected chi connectivity index (χ4v) is 3.47. The number of hydrogen-bond donors (Lipinski definition) is 2. The molecule has 160 valence electrons. The molecule has 1 unspecified atom stereocenters. The van der Waals surface area contributed by atoms with Crippen LogP contribution in [0.3, 0.4) is 0 Å². The Bertz CT molecular complexity index is 1050. The van der Waals surface area contributed by atoms with Crippen LogP contribution in [0.5, 0.6) is 0 Å². The molecule has 5 heteroatoms. The van der Waals surface area contributed by atoms with Crippen molar-refractivity contribution >= 4 is 23.2 Å². The molecular weight excluding hydrogens is 386 g/mol. The molecule has 3 aromatic rings. The van der Waals surface area contributed by atoms with E-state index in [0.717, 1.165) is 33.6 Å². The van der Waals surface area contributed by atoms with Gasteiger partial charge in [0.15, 0.2) is 0 Å². The van der Waals surface area contributed by atoms with Gasteiger partial charge < -0.3 is 10.6 Å². The molecule has 0 heterocycles. The minimum absolute atomic E-state index is 0.0770. The zero-order chi connectivity index (χ0) is 22.4. The third-order valence-corrected chi connectivity index (χ3v) is 5.18. The highest BCUT2D eigenvalue weighted by Gasteiger charge is 2.27. The number of benzene rings is 3. The summed E-state index contributed by atoms with van der Waals surface area (Å²) in [6.45, 7) is 6.03. The Morgan fingerprint density at radius 2 is 1.48 bits per heavy atom. The zero-order valence-electron chi connectivity index (χ0n) is 18.5. The van der Waals surface area contributed by atoms with Crippen LogP contribution in [0.1, 0.15) is 28.3 Å². The minimum atomic E-state index is -0.607. The molecule has 5 nitrogen and oxygen atoms in total. The van der Waals surface area contributed by atoms with Crippen LogP contribution in [0.15, 0.2) is 72.8 Å². The highest BCUT2D eigenvalue weighted by Crippen LogP contribution is 2.24. The largest absolute Gasteiger partial charge is 0.325 e. The molecule has 0 aliphatic rings. The van der Waals surface area contributed by atoms with Crippen molar-refractivity contribution in [2.75, 3.05) is 24.2 Å². The van der Waals surface area contributed by atoms with Gasteiger partial charge in [0.1, 0.15) is 6.04 Å². The minimum Gasteiger partial charge on any atom is -0.325 e. The monoisotopic (exact) mass is 415 g/mol. The van der Waals surface area contributed by atoms with Crippen LogP contribution >= 0.6 is 0 Å². The molecule has 0 saturated heterocycles. The molecule has 2 amide bonds. The second-order valence-corrected chi connectivity index (χ2v) is 7.95. The fourth-order valence-electron chi connectivity index (χ4n) is 3.47. The van der Waals surface area contributed by atoms with Crippen molar-refractivity contribution in [1.82, 2.24) is 4.90 Å². The Hall–Kier alpha value is -3.44. The summed E-state index contributed by atoms with van der Waals surface area (Å²) in [7, 11) is 1.79. The summed E-state index contributed by atoms with van der Waals surface area (Å²) >= 11 is 0. The van der Waals surface area contributed by atoms with E-state index in [1.807, 2.05) is 93.6 Å². The van der Waals surface area contributed by atoms with Crippen LogP contribution in [0, 0.1) is 20.8 Å². The van der Waals surface area contributed by atoms with Crippen molar-refractivity contribution < 1.29 is 9.59 Å². The van der Waals surface area contributed by atoms with E-state index in [1.54, 1.807) is 11.9 Å². The SMILES string of the molecule is Cc1ccc(NC(=O)CN(C)C(C(=O)Nc2cc(C)ccc2C)c2ccccc2)cc1. The number of rotatable bonds is 7. The Morgan fingerprint density at radius 1 is 0.839 bits per heavy atom. The van der Waals surface area contributed by atoms with Crippen molar-refractivity contribution in [1.29, 1.82) is 0 Å². The summed E-state index contributed by atoms with van der Waals surface area (Å²) in [5.41, 5.74) is 5.54. The first-order valence-corrected chi connectivity index (χ1v) is 10.3. The molecule has 3 rings (SSSR count). The molecule has 0 bridgehead atoms. The van der Waals surface area contributed by atoms with Gasteiger partial charge in [-0.15, -0.1) is 0 Å². The van der Waals surface area contributed by atoms with Crippen LogP contribution in [0.4, 0.5) is 11.4 Å². The molecule has 0 aliphatic carbocycles. The van der Waals surface area contributed by atoms with Crippen molar-refractivity contribution in [2.24, 2.45) is 0 Å². The maximum absolute atomic E-state index is 13.3. The zero-order valence-corrected chi connectivity index (χ0v) is 18.5. The van der Waals surface area contributed by atoms with Crippen LogP contribution in [0.2, 0.25) is 0 Å². The van der Waals surface area contributed by atoms with Gasteiger partial charge in [0.25, 0.3) is 0 Å². The van der Waals surface area contributed by atoms with E-state index in [2.05, 4.69) is 10.6 Å². The number of carbonyl (C=O) groups is 2. The molecule has 0 spiro atoms. The number of anilines is 2. The van der Waals surface area contributed by atoms with Crippen molar-refractivity contribution in [2.45, 2.75) is 26.8 Å². The van der Waals surface area contributed by atoms with Crippen LogP contribution < -0.4 is 10.6 Å². The molecule has 0 aromatic heterocycles. The Kier molecular flexibility index (Phi) is 7.21. The second kappa shape index (κ2) is 10.0. The maximum atomic E-state index is 13.3. The molecule has 0 saturated carbocycles. The first-order valence-electron chi connectivity index (χ1n) is 10.3. The van der Waals surface area contributed by atoms with Gasteiger partial charge in [-0.05, 0) is 62.7 Å². The second-order valence-electron chi connectivity index (χ2n) is 7.95. The van der Waals surface area contributed by atoms with E-state index >= 15 is 0 Å². The number of carbonyl (C=O) groups excluding carboxylic acids is 2. The number of aryl methyl sites for hydroxylation is 3. The van der Waals surface area contributed by atoms with Gasteiger partial charge in [0, 0.05) is 11.4 Å². The van der Waals surface area contributed by atoms with E-state index in [0.29, 0.717) is 0 Å². The standard InChI is InChI=1S/C26H29N3O2/c1-18-11-14-22(15-12-18)27-24(30)17-29(4)25(21-8-6-5-7-9-21)26(31)28-23-16-19(2)10-13-20(23)3/h5-16,25H,17H2,1-4H3,(H,27,30)(H,28,31). The maximum Gasteiger partial charge on any atom is 0.246 e. The Labute approximate surface area is 184 Å². The number of likely N-dealkylation sites (N-methyl/N-ethyl adjacent to an activating group) is 1. The lowest BCUT2D eigenvalue weighted by Crippen LogP contribution is -2.39. The molecule has 2 N–H and O–H groups in total. The normalized spacial score (nSPS) is 11.8. The Balaban J connectivity index is 1.78. The molecular formula is C26H29N3O2. The molecule has 0 radical (unpaired) electrons. The predicted octanol–water partition coefficient (Wildman–Crippen LogP) is 4.86. The van der Waals surface area contributed by atoms with Gasteiger partial charge in [0.05, 0.1) is 6.54 Å². The van der Waals surface area contributed by atoms with E-state index in [4.69, 9.17) is 0 Å². The van der Waals surface area contributed by atoms with Crippen LogP contribution in [-0.2, 0) is 9.59 Å². The lowest BCUT2D eigenvalue weighted by atomic mass is 10.0. The van der Waals surface area contributed by atoms with Crippen molar-refractivity contribution in [3.05, 3.63) is 95.1 Å². The van der Waals surface area contributed by atoms with Gasteiger partial charge in [-0.3, -0.25) is 14.5 Å². The average Bonchev–Trinajstić information content (AvgIpc) is 2.73. The number of amides is 2. The van der Waals surface area contributed by atoms with Crippen LogP contribution in [0.25, 0.3) is 0 Å². The number of nitrogens with one attached hydrogen (secondary N) is 2. The summed E-state index contributed by atoms with van der Waals surface area (Å²) in [4.78, 5) is 27.7. The van der Waals surface area contributed by atoms with Gasteiger partial charge in [-0.2, -0.15) is 0 Å². The topological polar surface area (TPSA) is 61.4 Å². The molecule has 31 heavy (non-hydrogen) atoms. The van der Waals surface area contributed by atoms with Gasteiger partial charge in [0.2, 0.25) is 11.8 Å². The third kappa shape index (κ3) is 6.03. The van der Waals surface area contributed by atoms with Gasteiger partial charge in [-0.25, -0.2) is 0 Å². The van der Waals surface area contributed by atoms with E-state index < -0.39 is 6.04 Å². The van der Waals surface area contributed by atoms with E-state index in [-0.39, 0.29) is 18.4 Å². The van der Waals surface area contributed by atoms with Crippen LogP contribution in [-0.4, -0.2) is 30.3 Å². The third-order valence-electron chi connectivity index (χ3n) is 5.18. The smallest absolute Gasteiger partial charge is 0.246 e. The molecule has 0 fully saturated rings. The highest BCUT2D eigenvalue weighted by atomic mass is 16.2. The van der Waals surface area contributed by atoms with Gasteiger partial charge >= 0.3 is 0 Å². The average molecular weight is 416 g/mol. The molecule has 0 aliphatic heterocycles. The summed E-state index contributed by atoms with van der Waals surface area (Å²) in [5, 5.41) is 5.95. The van der Waals surface area contributed by atoms with Gasteiger partial charge in [-0.1, -0.05) is 60.2 Å².